The number of hydrogen-bond donors (Lipinski definition) is 1. The van der Waals surface area contributed by atoms with E-state index in [0.29, 0.717) is 11.5 Å². The number of imidazole rings is 1. The Balaban J connectivity index is 1.98. The van der Waals surface area contributed by atoms with Gasteiger partial charge in [0.2, 0.25) is 0 Å². The molecule has 2 nitrogen and oxygen atoms in total. The van der Waals surface area contributed by atoms with Gasteiger partial charge in [0.1, 0.15) is 5.82 Å². The SMILES string of the molecule is CC12CCC(C1)C(C)(C)C2n1c(=S)[nH]c2cc(F)ccc21. The lowest BCUT2D eigenvalue weighted by molar-refractivity contribution is 0.0855. The molecule has 2 aromatic rings. The zero-order valence-corrected chi connectivity index (χ0v) is 13.6. The molecule has 1 N–H and O–H groups in total. The Morgan fingerprint density at radius 3 is 2.76 bits per heavy atom. The van der Waals surface area contributed by atoms with Crippen molar-refractivity contribution in [2.45, 2.75) is 46.1 Å². The van der Waals surface area contributed by atoms with Crippen LogP contribution >= 0.6 is 12.2 Å². The van der Waals surface area contributed by atoms with Crippen LogP contribution in [-0.4, -0.2) is 9.55 Å². The number of fused-ring (bicyclic) bond motifs is 3. The average Bonchev–Trinajstić information content (AvgIpc) is 2.97. The number of benzene rings is 1. The second-order valence-corrected chi connectivity index (χ2v) is 8.17. The summed E-state index contributed by atoms with van der Waals surface area (Å²) < 4.78 is 16.5. The first-order chi connectivity index (χ1) is 9.83. The first-order valence-corrected chi connectivity index (χ1v) is 8.13. The molecule has 1 aromatic carbocycles. The molecular weight excluding hydrogens is 283 g/mol. The molecule has 3 unspecified atom stereocenters. The van der Waals surface area contributed by atoms with Crippen molar-refractivity contribution in [1.29, 1.82) is 0 Å². The van der Waals surface area contributed by atoms with E-state index in [1.165, 1.54) is 25.3 Å². The molecule has 4 heteroatoms. The molecule has 2 saturated carbocycles. The van der Waals surface area contributed by atoms with Crippen molar-refractivity contribution in [2.24, 2.45) is 16.7 Å². The quantitative estimate of drug-likeness (QED) is 0.716. The van der Waals surface area contributed by atoms with Gasteiger partial charge in [0.05, 0.1) is 11.0 Å². The van der Waals surface area contributed by atoms with Gasteiger partial charge in [0.25, 0.3) is 0 Å². The summed E-state index contributed by atoms with van der Waals surface area (Å²) in [5, 5.41) is 0. The second-order valence-electron chi connectivity index (χ2n) is 7.78. The van der Waals surface area contributed by atoms with Crippen LogP contribution in [0, 0.1) is 27.3 Å². The van der Waals surface area contributed by atoms with Crippen molar-refractivity contribution >= 4 is 23.3 Å². The molecule has 2 bridgehead atoms. The van der Waals surface area contributed by atoms with Gasteiger partial charge in [-0.3, -0.25) is 0 Å². The van der Waals surface area contributed by atoms with Crippen LogP contribution in [0.4, 0.5) is 4.39 Å². The number of halogens is 1. The maximum Gasteiger partial charge on any atom is 0.178 e. The summed E-state index contributed by atoms with van der Waals surface area (Å²) in [5.41, 5.74) is 2.38. The van der Waals surface area contributed by atoms with E-state index in [4.69, 9.17) is 12.2 Å². The van der Waals surface area contributed by atoms with E-state index >= 15 is 0 Å². The smallest absolute Gasteiger partial charge is 0.178 e. The lowest BCUT2D eigenvalue weighted by Gasteiger charge is -2.43. The molecule has 2 fully saturated rings. The topological polar surface area (TPSA) is 20.7 Å². The van der Waals surface area contributed by atoms with Crippen molar-refractivity contribution < 1.29 is 4.39 Å². The van der Waals surface area contributed by atoms with E-state index in [2.05, 4.69) is 30.3 Å². The van der Waals surface area contributed by atoms with Crippen LogP contribution in [0.1, 0.15) is 46.1 Å². The minimum atomic E-state index is -0.218. The third-order valence-corrected chi connectivity index (χ3v) is 6.43. The number of aromatic amines is 1. The fourth-order valence-electron chi connectivity index (χ4n) is 5.28. The monoisotopic (exact) mass is 304 g/mol. The summed E-state index contributed by atoms with van der Waals surface area (Å²) >= 11 is 5.59. The Bertz CT molecular complexity index is 783. The minimum Gasteiger partial charge on any atom is -0.330 e. The number of H-pyrrole nitrogens is 1. The van der Waals surface area contributed by atoms with Gasteiger partial charge < -0.3 is 9.55 Å². The van der Waals surface area contributed by atoms with Crippen LogP contribution in [0.15, 0.2) is 18.2 Å². The summed E-state index contributed by atoms with van der Waals surface area (Å²) in [4.78, 5) is 3.20. The molecule has 4 rings (SSSR count). The van der Waals surface area contributed by atoms with Gasteiger partial charge in [-0.2, -0.15) is 0 Å². The average molecular weight is 304 g/mol. The highest BCUT2D eigenvalue weighted by atomic mass is 32.1. The summed E-state index contributed by atoms with van der Waals surface area (Å²) in [6, 6.07) is 5.33. The molecule has 1 heterocycles. The third kappa shape index (κ3) is 1.65. The number of nitrogens with one attached hydrogen (secondary N) is 1. The Morgan fingerprint density at radius 1 is 1.33 bits per heavy atom. The van der Waals surface area contributed by atoms with E-state index in [0.717, 1.165) is 21.7 Å². The van der Waals surface area contributed by atoms with Crippen LogP contribution in [0.25, 0.3) is 11.0 Å². The van der Waals surface area contributed by atoms with E-state index in [1.807, 2.05) is 6.07 Å². The Morgan fingerprint density at radius 2 is 2.10 bits per heavy atom. The van der Waals surface area contributed by atoms with Crippen LogP contribution in [0.2, 0.25) is 0 Å². The van der Waals surface area contributed by atoms with Gasteiger partial charge in [-0.1, -0.05) is 20.8 Å². The van der Waals surface area contributed by atoms with Crippen molar-refractivity contribution in [2.75, 3.05) is 0 Å². The van der Waals surface area contributed by atoms with Gasteiger partial charge in [-0.15, -0.1) is 0 Å². The normalized spacial score (nSPS) is 33.9. The largest absolute Gasteiger partial charge is 0.330 e. The highest BCUT2D eigenvalue weighted by molar-refractivity contribution is 7.71. The molecule has 2 aliphatic rings. The van der Waals surface area contributed by atoms with E-state index in [1.54, 1.807) is 6.07 Å². The first kappa shape index (κ1) is 13.5. The van der Waals surface area contributed by atoms with Gasteiger partial charge in [0, 0.05) is 6.04 Å². The molecule has 0 radical (unpaired) electrons. The van der Waals surface area contributed by atoms with E-state index in [-0.39, 0.29) is 11.2 Å². The van der Waals surface area contributed by atoms with Crippen LogP contribution < -0.4 is 0 Å². The Labute approximate surface area is 129 Å². The number of hydrogen-bond acceptors (Lipinski definition) is 1. The highest BCUT2D eigenvalue weighted by Crippen LogP contribution is 2.68. The summed E-state index contributed by atoms with van der Waals surface area (Å²) in [6.45, 7) is 7.14. The van der Waals surface area contributed by atoms with E-state index in [9.17, 15) is 4.39 Å². The summed E-state index contributed by atoms with van der Waals surface area (Å²) in [6.07, 6.45) is 3.87. The van der Waals surface area contributed by atoms with Gasteiger partial charge in [-0.05, 0) is 66.4 Å². The Hall–Kier alpha value is -1.16. The molecule has 0 amide bonds. The molecular formula is C17H21FN2S. The predicted octanol–water partition coefficient (Wildman–Crippen LogP) is 5.23. The molecule has 0 saturated heterocycles. The number of rotatable bonds is 1. The molecule has 21 heavy (non-hydrogen) atoms. The predicted molar refractivity (Wildman–Crippen MR) is 85.3 cm³/mol. The lowest BCUT2D eigenvalue weighted by Crippen LogP contribution is -2.37. The van der Waals surface area contributed by atoms with Gasteiger partial charge in [-0.25, -0.2) is 4.39 Å². The summed E-state index contributed by atoms with van der Waals surface area (Å²) in [7, 11) is 0. The standard InChI is InChI=1S/C17H21FN2S/c1-16(2)10-6-7-17(3,9-10)14(16)20-13-5-4-11(18)8-12(13)19-15(20)21/h4-5,8,10,14H,6-7,9H2,1-3H3,(H,19,21). The Kier molecular flexibility index (Phi) is 2.56. The van der Waals surface area contributed by atoms with Crippen molar-refractivity contribution in [3.8, 4) is 0 Å². The molecule has 3 atom stereocenters. The molecule has 1 aromatic heterocycles. The maximum absolute atomic E-state index is 13.5. The fraction of sp³-hybridized carbons (Fsp3) is 0.588. The number of aromatic nitrogens is 2. The van der Waals surface area contributed by atoms with Gasteiger partial charge >= 0.3 is 0 Å². The second kappa shape index (κ2) is 3.97. The molecule has 2 aliphatic carbocycles. The molecule has 112 valence electrons. The van der Waals surface area contributed by atoms with Crippen LogP contribution in [0.3, 0.4) is 0 Å². The van der Waals surface area contributed by atoms with Crippen LogP contribution in [0.5, 0.6) is 0 Å². The minimum absolute atomic E-state index is 0.218. The van der Waals surface area contributed by atoms with E-state index < -0.39 is 0 Å². The van der Waals surface area contributed by atoms with Gasteiger partial charge in [0.15, 0.2) is 4.77 Å². The molecule has 0 spiro atoms. The van der Waals surface area contributed by atoms with Crippen molar-refractivity contribution in [3.63, 3.8) is 0 Å². The van der Waals surface area contributed by atoms with Crippen LogP contribution in [-0.2, 0) is 0 Å². The zero-order valence-electron chi connectivity index (χ0n) is 12.7. The summed E-state index contributed by atoms with van der Waals surface area (Å²) in [5.74, 6) is 0.545. The first-order valence-electron chi connectivity index (χ1n) is 7.73. The fourth-order valence-corrected chi connectivity index (χ4v) is 5.59. The van der Waals surface area contributed by atoms with Crippen molar-refractivity contribution in [3.05, 3.63) is 28.8 Å². The van der Waals surface area contributed by atoms with Crippen molar-refractivity contribution in [1.82, 2.24) is 9.55 Å². The maximum atomic E-state index is 13.5. The molecule has 0 aliphatic heterocycles. The lowest BCUT2D eigenvalue weighted by atomic mass is 9.68. The number of nitrogens with zero attached hydrogens (tertiary/aromatic N) is 1. The highest BCUT2D eigenvalue weighted by Gasteiger charge is 2.60. The zero-order chi connectivity index (χ0) is 15.0. The third-order valence-electron chi connectivity index (χ3n) is 6.13.